The van der Waals surface area contributed by atoms with Gasteiger partial charge in [-0.2, -0.15) is 0 Å². The van der Waals surface area contributed by atoms with Gasteiger partial charge in [-0.3, -0.25) is 9.78 Å². The molecular weight excluding hydrogens is 497 g/mol. The van der Waals surface area contributed by atoms with Crippen molar-refractivity contribution in [3.63, 3.8) is 0 Å². The molecule has 4 aromatic rings. The second-order valence-electron chi connectivity index (χ2n) is 7.79. The lowest BCUT2D eigenvalue weighted by Crippen LogP contribution is -2.27. The SMILES string of the molecule is Cl.Cl.[2H]C([2H])([2H])c1ccc(C(=O)OCc2ccc(C(CN)C(=O)Nc3ccc4cnccc4c3)cc2)c(C([2H])([2H])[2H])c1. The minimum Gasteiger partial charge on any atom is -0.457 e. The van der Waals surface area contributed by atoms with E-state index in [2.05, 4.69) is 10.3 Å². The molecule has 0 aliphatic rings. The molecule has 3 N–H and O–H groups in total. The van der Waals surface area contributed by atoms with Gasteiger partial charge in [-0.1, -0.05) is 48.0 Å². The van der Waals surface area contributed by atoms with Gasteiger partial charge in [-0.15, -0.1) is 24.8 Å². The van der Waals surface area contributed by atoms with Crippen LogP contribution in [0.5, 0.6) is 0 Å². The third kappa shape index (κ3) is 6.82. The molecule has 0 radical (unpaired) electrons. The summed E-state index contributed by atoms with van der Waals surface area (Å²) in [5, 5.41) is 4.79. The van der Waals surface area contributed by atoms with Crippen LogP contribution in [0.1, 0.15) is 46.8 Å². The van der Waals surface area contributed by atoms with E-state index in [1.54, 1.807) is 42.7 Å². The van der Waals surface area contributed by atoms with Crippen LogP contribution in [-0.2, 0) is 16.1 Å². The monoisotopic (exact) mass is 531 g/mol. The molecule has 1 aromatic heterocycles. The zero-order valence-electron chi connectivity index (χ0n) is 25.1. The van der Waals surface area contributed by atoms with Crippen LogP contribution in [-0.4, -0.2) is 23.4 Å². The zero-order chi connectivity index (χ0) is 29.1. The van der Waals surface area contributed by atoms with E-state index in [0.717, 1.165) is 22.9 Å². The van der Waals surface area contributed by atoms with Crippen LogP contribution in [0, 0.1) is 13.7 Å². The van der Waals surface area contributed by atoms with Crippen molar-refractivity contribution < 1.29 is 22.6 Å². The van der Waals surface area contributed by atoms with Crippen molar-refractivity contribution in [2.45, 2.75) is 26.2 Å². The molecule has 1 atom stereocenters. The molecule has 0 fully saturated rings. The smallest absolute Gasteiger partial charge is 0.338 e. The van der Waals surface area contributed by atoms with Crippen LogP contribution in [0.2, 0.25) is 0 Å². The molecule has 0 aliphatic carbocycles. The Morgan fingerprint density at radius 2 is 1.81 bits per heavy atom. The van der Waals surface area contributed by atoms with Gasteiger partial charge in [0.15, 0.2) is 0 Å². The lowest BCUT2D eigenvalue weighted by Gasteiger charge is -2.16. The molecule has 1 amide bonds. The van der Waals surface area contributed by atoms with Crippen LogP contribution in [0.15, 0.2) is 79.1 Å². The number of rotatable bonds is 7. The van der Waals surface area contributed by atoms with E-state index in [9.17, 15) is 9.59 Å². The number of nitrogens with two attached hydrogens (primary N) is 1. The van der Waals surface area contributed by atoms with Gasteiger partial charge in [0.05, 0.1) is 11.5 Å². The van der Waals surface area contributed by atoms with E-state index in [0.29, 0.717) is 16.8 Å². The highest BCUT2D eigenvalue weighted by Crippen LogP contribution is 2.22. The number of benzene rings is 3. The summed E-state index contributed by atoms with van der Waals surface area (Å²) in [6.07, 6.45) is 3.42. The highest BCUT2D eigenvalue weighted by atomic mass is 35.5. The van der Waals surface area contributed by atoms with Gasteiger partial charge in [0.2, 0.25) is 5.91 Å². The fourth-order valence-corrected chi connectivity index (χ4v) is 3.58. The number of nitrogens with one attached hydrogen (secondary N) is 1. The fourth-order valence-electron chi connectivity index (χ4n) is 3.58. The van der Waals surface area contributed by atoms with Crippen molar-refractivity contribution in [1.82, 2.24) is 4.98 Å². The van der Waals surface area contributed by atoms with Crippen LogP contribution >= 0.6 is 24.8 Å². The summed E-state index contributed by atoms with van der Waals surface area (Å²) in [5.41, 5.74) is 7.03. The standard InChI is InChI=1S/C28H27N3O3.2ClH/c1-18-3-10-25(19(2)13-18)28(33)34-17-20-4-6-21(7-5-20)26(15-29)27(32)31-24-9-8-23-16-30-12-11-22(23)14-24;;/h3-14,16,26H,15,17,29H2,1-2H3,(H,31,32);2*1H/i1D3,2D3;;. The van der Waals surface area contributed by atoms with Gasteiger partial charge in [-0.25, -0.2) is 4.79 Å². The van der Waals surface area contributed by atoms with E-state index in [1.165, 1.54) is 6.07 Å². The molecule has 3 aromatic carbocycles. The van der Waals surface area contributed by atoms with Crippen LogP contribution in [0.25, 0.3) is 10.8 Å². The number of carbonyl (C=O) groups excluding carboxylic acids is 2. The molecule has 1 unspecified atom stereocenters. The Kier molecular flexibility index (Phi) is 7.49. The average Bonchev–Trinajstić information content (AvgIpc) is 2.91. The van der Waals surface area contributed by atoms with E-state index >= 15 is 0 Å². The predicted octanol–water partition coefficient (Wildman–Crippen LogP) is 5.73. The lowest BCUT2D eigenvalue weighted by molar-refractivity contribution is -0.117. The van der Waals surface area contributed by atoms with Crippen LogP contribution in [0.3, 0.4) is 0 Å². The van der Waals surface area contributed by atoms with Crippen LogP contribution < -0.4 is 11.1 Å². The summed E-state index contributed by atoms with van der Waals surface area (Å²) in [4.78, 5) is 29.8. The number of halogens is 2. The quantitative estimate of drug-likeness (QED) is 0.297. The largest absolute Gasteiger partial charge is 0.457 e. The fraction of sp³-hybridized carbons (Fsp3) is 0.179. The number of nitrogens with zero attached hydrogens (tertiary/aromatic N) is 1. The third-order valence-electron chi connectivity index (χ3n) is 5.45. The topological polar surface area (TPSA) is 94.3 Å². The van der Waals surface area contributed by atoms with Gasteiger partial charge in [0, 0.05) is 38.2 Å². The Morgan fingerprint density at radius 3 is 2.53 bits per heavy atom. The number of aryl methyl sites for hydroxylation is 2. The van der Waals surface area contributed by atoms with Crippen molar-refractivity contribution in [3.8, 4) is 0 Å². The van der Waals surface area contributed by atoms with Gasteiger partial charge >= 0.3 is 5.97 Å². The van der Waals surface area contributed by atoms with E-state index in [4.69, 9.17) is 18.7 Å². The van der Waals surface area contributed by atoms with E-state index in [-0.39, 0.29) is 60.6 Å². The first-order chi connectivity index (χ1) is 18.9. The maximum absolute atomic E-state index is 13.0. The number of carbonyl (C=O) groups is 2. The van der Waals surface area contributed by atoms with Gasteiger partial charge in [0.25, 0.3) is 0 Å². The van der Waals surface area contributed by atoms with Crippen molar-refractivity contribution in [2.24, 2.45) is 5.73 Å². The molecule has 0 saturated heterocycles. The Morgan fingerprint density at radius 1 is 1.00 bits per heavy atom. The molecule has 0 aliphatic heterocycles. The number of esters is 1. The maximum atomic E-state index is 13.0. The van der Waals surface area contributed by atoms with Crippen molar-refractivity contribution in [2.75, 3.05) is 11.9 Å². The summed E-state index contributed by atoms with van der Waals surface area (Å²) in [5.74, 6) is -1.78. The maximum Gasteiger partial charge on any atom is 0.338 e. The number of hydrogen-bond donors (Lipinski definition) is 2. The number of hydrogen-bond acceptors (Lipinski definition) is 5. The molecule has 0 bridgehead atoms. The zero-order valence-corrected chi connectivity index (χ0v) is 20.7. The molecule has 6 nitrogen and oxygen atoms in total. The lowest BCUT2D eigenvalue weighted by atomic mass is 9.97. The summed E-state index contributed by atoms with van der Waals surface area (Å²) >= 11 is 0. The average molecular weight is 533 g/mol. The first-order valence-electron chi connectivity index (χ1n) is 13.6. The molecule has 1 heterocycles. The molecule has 0 saturated carbocycles. The Bertz CT molecular complexity index is 1550. The highest BCUT2D eigenvalue weighted by molar-refractivity contribution is 5.98. The Balaban J connectivity index is 0.00000308. The van der Waals surface area contributed by atoms with Gasteiger partial charge < -0.3 is 15.8 Å². The Hall–Kier alpha value is -3.45. The number of aromatic nitrogens is 1. The van der Waals surface area contributed by atoms with Crippen LogP contribution in [0.4, 0.5) is 5.69 Å². The van der Waals surface area contributed by atoms with Gasteiger partial charge in [-0.05, 0) is 60.0 Å². The molecule has 0 spiro atoms. The molecule has 188 valence electrons. The first-order valence-corrected chi connectivity index (χ1v) is 10.6. The predicted molar refractivity (Wildman–Crippen MR) is 148 cm³/mol. The van der Waals surface area contributed by atoms with Gasteiger partial charge in [0.1, 0.15) is 6.61 Å². The van der Waals surface area contributed by atoms with E-state index < -0.39 is 25.6 Å². The Labute approximate surface area is 231 Å². The number of ether oxygens (including phenoxy) is 1. The number of amides is 1. The number of anilines is 1. The summed E-state index contributed by atoms with van der Waals surface area (Å²) in [6, 6.07) is 17.5. The minimum atomic E-state index is -2.71. The molecule has 4 rings (SSSR count). The summed E-state index contributed by atoms with van der Waals surface area (Å²) < 4.78 is 51.0. The number of pyridine rings is 1. The molecule has 36 heavy (non-hydrogen) atoms. The summed E-state index contributed by atoms with van der Waals surface area (Å²) in [6.45, 7) is -5.32. The summed E-state index contributed by atoms with van der Waals surface area (Å²) in [7, 11) is 0. The number of fused-ring (bicyclic) bond motifs is 1. The minimum absolute atomic E-state index is 0. The van der Waals surface area contributed by atoms with Crippen molar-refractivity contribution in [3.05, 3.63) is 107 Å². The molecule has 8 heteroatoms. The normalized spacial score (nSPS) is 14.2. The van der Waals surface area contributed by atoms with E-state index in [1.807, 2.05) is 18.2 Å². The molecular formula is C28H29Cl2N3O3. The van der Waals surface area contributed by atoms with Crippen molar-refractivity contribution in [1.29, 1.82) is 0 Å². The highest BCUT2D eigenvalue weighted by Gasteiger charge is 2.19. The second kappa shape index (κ2) is 13.0. The third-order valence-corrected chi connectivity index (χ3v) is 5.45. The second-order valence-corrected chi connectivity index (χ2v) is 7.79. The first kappa shape index (κ1) is 20.7. The van der Waals surface area contributed by atoms with Crippen molar-refractivity contribution >= 4 is 53.2 Å².